The van der Waals surface area contributed by atoms with Gasteiger partial charge in [-0.15, -0.1) is 0 Å². The van der Waals surface area contributed by atoms with Gasteiger partial charge in [-0.1, -0.05) is 72.8 Å². The molecule has 3 N–H and O–H groups in total. The van der Waals surface area contributed by atoms with Gasteiger partial charge in [0.2, 0.25) is 0 Å². The number of carboxylic acid groups (broad SMARTS) is 3. The van der Waals surface area contributed by atoms with Crippen LogP contribution in [0.15, 0.2) is 182 Å². The second-order valence-electron chi connectivity index (χ2n) is 17.8. The second-order valence-corrected chi connectivity index (χ2v) is 17.8. The Morgan fingerprint density at radius 1 is 0.297 bits per heavy atom. The van der Waals surface area contributed by atoms with Crippen LogP contribution >= 0.6 is 0 Å². The van der Waals surface area contributed by atoms with Crippen molar-refractivity contribution in [3.05, 3.63) is 232 Å². The minimum absolute atomic E-state index is 0.117. The van der Waals surface area contributed by atoms with Gasteiger partial charge in [0.25, 0.3) is 19.4 Å². The molecule has 0 radical (unpaired) electrons. The van der Waals surface area contributed by atoms with Crippen LogP contribution in [-0.2, 0) is 14.4 Å². The number of benzene rings is 9. The van der Waals surface area contributed by atoms with E-state index < -0.39 is 29.7 Å². The summed E-state index contributed by atoms with van der Waals surface area (Å²) in [5.74, 6) is -2.96. The molecule has 0 heterocycles. The zero-order valence-electron chi connectivity index (χ0n) is 38.7. The molecule has 0 amide bonds. The number of aromatic carboxylic acids is 3. The Morgan fingerprint density at radius 2 is 0.473 bits per heavy atom. The van der Waals surface area contributed by atoms with E-state index in [-0.39, 0.29) is 16.7 Å². The molecule has 0 aliphatic heterocycles. The molecular formula is C62H38O12. The molecular weight excluding hydrogens is 937 g/mol. The summed E-state index contributed by atoms with van der Waals surface area (Å²) in [6, 6.07) is 54.7. The first-order valence-electron chi connectivity index (χ1n) is 23.2. The van der Waals surface area contributed by atoms with Crippen molar-refractivity contribution in [3.8, 4) is 84.0 Å². The lowest BCUT2D eigenvalue weighted by Crippen LogP contribution is -2.28. The highest BCUT2D eigenvalue weighted by atomic mass is 16.5. The molecule has 0 spiro atoms. The van der Waals surface area contributed by atoms with Crippen LogP contribution in [0.4, 0.5) is 0 Å². The Labute approximate surface area is 421 Å². The van der Waals surface area contributed by atoms with Crippen LogP contribution in [0.25, 0.3) is 66.8 Å². The number of hydrogen-bond donors (Lipinski definition) is 3. The van der Waals surface area contributed by atoms with Crippen molar-refractivity contribution in [1.29, 1.82) is 0 Å². The van der Waals surface area contributed by atoms with Gasteiger partial charge in [-0.3, -0.25) is 14.4 Å². The number of hydrogen-bond acceptors (Lipinski definition) is 9. The van der Waals surface area contributed by atoms with Gasteiger partial charge in [-0.05, 0) is 209 Å². The quantitative estimate of drug-likeness (QED) is 0.0825. The molecule has 0 fully saturated rings. The van der Waals surface area contributed by atoms with Gasteiger partial charge < -0.3 is 29.5 Å². The fraction of sp³-hybridized carbons (Fsp3) is 0.0323. The summed E-state index contributed by atoms with van der Waals surface area (Å²) >= 11 is 0. The van der Waals surface area contributed by atoms with Crippen molar-refractivity contribution in [2.75, 3.05) is 0 Å². The lowest BCUT2D eigenvalue weighted by molar-refractivity contribution is -0.121. The highest BCUT2D eigenvalue weighted by Crippen LogP contribution is 2.60. The third kappa shape index (κ3) is 8.21. The van der Waals surface area contributed by atoms with Crippen LogP contribution in [0.2, 0.25) is 0 Å². The first-order chi connectivity index (χ1) is 36.0. The SMILES string of the molecule is O=COc1ccc(-c2cc3c(cc2-c2ccc(OC=O)cc2)C2c4cc(-c5ccc(C(=O)O)cc5)c(-c5ccc(OC=O)cc5)cc4C3c3cc(-c4ccc(C(=O)O)cc4)c(-c4ccc(C(=O)O)cc4)cc32)cc1. The predicted molar refractivity (Wildman–Crippen MR) is 275 cm³/mol. The maximum atomic E-state index is 12.1. The first-order valence-corrected chi connectivity index (χ1v) is 23.2. The molecule has 0 saturated heterocycles. The van der Waals surface area contributed by atoms with Gasteiger partial charge in [-0.2, -0.15) is 0 Å². The molecule has 2 unspecified atom stereocenters. The average Bonchev–Trinajstić information content (AvgIpc) is 3.44. The third-order valence-corrected chi connectivity index (χ3v) is 13.9. The molecule has 0 saturated carbocycles. The van der Waals surface area contributed by atoms with Gasteiger partial charge in [-0.25, -0.2) is 14.4 Å². The van der Waals surface area contributed by atoms with Crippen LogP contribution < -0.4 is 14.2 Å². The molecule has 2 atom stereocenters. The molecule has 12 rings (SSSR count). The monoisotopic (exact) mass is 974 g/mol. The Bertz CT molecular complexity index is 3750. The molecule has 358 valence electrons. The van der Waals surface area contributed by atoms with E-state index in [1.54, 1.807) is 109 Å². The standard InChI is InChI=1S/C62H38O12/c63-31-72-43-19-13-37(14-20-43)49-28-55-54(27-48(49)36-5-11-42(12-6-36)62(70)71)58-52-25-46(34-1-7-40(8-2-34)60(66)67)47(35-3-9-41(10-4-35)61(68)69)26-53(52)59(55)57-30-51(39-17-23-45(24-18-39)74-33-65)50(29-56(57)58)38-15-21-44(22-16-38)73-32-64/h1-33,58-59H,(H,66,67)(H,68,69)(H,70,71). The molecule has 12 heteroatoms. The van der Waals surface area contributed by atoms with E-state index in [0.717, 1.165) is 100 Å². The van der Waals surface area contributed by atoms with Crippen molar-refractivity contribution in [2.45, 2.75) is 11.8 Å². The number of carbonyl (C=O) groups is 6. The second kappa shape index (κ2) is 18.9. The maximum Gasteiger partial charge on any atom is 0.335 e. The average molecular weight is 975 g/mol. The summed E-state index contributed by atoms with van der Waals surface area (Å²) in [6.07, 6.45) is 0. The van der Waals surface area contributed by atoms with Gasteiger partial charge in [0, 0.05) is 11.8 Å². The Balaban J connectivity index is 1.22. The molecule has 3 aliphatic rings. The van der Waals surface area contributed by atoms with Crippen LogP contribution in [0, 0.1) is 0 Å². The number of rotatable bonds is 15. The molecule has 9 aromatic carbocycles. The summed E-state index contributed by atoms with van der Waals surface area (Å²) in [4.78, 5) is 70.2. The summed E-state index contributed by atoms with van der Waals surface area (Å²) in [5.41, 5.74) is 16.0. The molecule has 3 aliphatic carbocycles. The van der Waals surface area contributed by atoms with Crippen LogP contribution in [0.5, 0.6) is 17.2 Å². The molecule has 0 aromatic heterocycles. The number of carbonyl (C=O) groups excluding carboxylic acids is 3. The van der Waals surface area contributed by atoms with E-state index in [1.165, 1.54) is 0 Å². The Hall–Kier alpha value is -10.2. The Kier molecular flexibility index (Phi) is 11.8. The van der Waals surface area contributed by atoms with E-state index in [4.69, 9.17) is 14.2 Å². The van der Waals surface area contributed by atoms with E-state index in [2.05, 4.69) is 36.4 Å². The lowest BCUT2D eigenvalue weighted by atomic mass is 9.59. The van der Waals surface area contributed by atoms with Gasteiger partial charge in [0.05, 0.1) is 16.7 Å². The highest BCUT2D eigenvalue weighted by molar-refractivity contribution is 5.95. The van der Waals surface area contributed by atoms with E-state index in [9.17, 15) is 44.1 Å². The summed E-state index contributed by atoms with van der Waals surface area (Å²) in [5, 5.41) is 29.6. The lowest BCUT2D eigenvalue weighted by Gasteiger charge is -2.44. The maximum absolute atomic E-state index is 12.1. The number of carboxylic acids is 3. The van der Waals surface area contributed by atoms with Gasteiger partial charge >= 0.3 is 17.9 Å². The van der Waals surface area contributed by atoms with Crippen molar-refractivity contribution in [1.82, 2.24) is 0 Å². The van der Waals surface area contributed by atoms with Crippen molar-refractivity contribution in [2.24, 2.45) is 0 Å². The van der Waals surface area contributed by atoms with E-state index >= 15 is 0 Å². The van der Waals surface area contributed by atoms with Crippen molar-refractivity contribution >= 4 is 37.3 Å². The summed E-state index contributed by atoms with van der Waals surface area (Å²) in [7, 11) is 0. The van der Waals surface area contributed by atoms with Crippen LogP contribution in [-0.4, -0.2) is 52.6 Å². The number of ether oxygens (including phenoxy) is 3. The normalized spacial score (nSPS) is 13.6. The fourth-order valence-electron chi connectivity index (χ4n) is 10.5. The van der Waals surface area contributed by atoms with Gasteiger partial charge in [0.1, 0.15) is 17.2 Å². The molecule has 74 heavy (non-hydrogen) atoms. The minimum Gasteiger partial charge on any atom is -0.478 e. The van der Waals surface area contributed by atoms with E-state index in [1.807, 2.05) is 36.4 Å². The first kappa shape index (κ1) is 46.2. The van der Waals surface area contributed by atoms with Crippen molar-refractivity contribution in [3.63, 3.8) is 0 Å². The van der Waals surface area contributed by atoms with Crippen LogP contribution in [0.1, 0.15) is 76.3 Å². The van der Waals surface area contributed by atoms with E-state index in [0.29, 0.717) is 36.7 Å². The predicted octanol–water partition coefficient (Wildman–Crippen LogP) is 12.4. The molecule has 12 nitrogen and oxygen atoms in total. The minimum atomic E-state index is -1.07. The van der Waals surface area contributed by atoms with Crippen LogP contribution in [0.3, 0.4) is 0 Å². The van der Waals surface area contributed by atoms with Crippen molar-refractivity contribution < 1.29 is 58.3 Å². The summed E-state index contributed by atoms with van der Waals surface area (Å²) < 4.78 is 15.5. The highest BCUT2D eigenvalue weighted by Gasteiger charge is 2.43. The Morgan fingerprint density at radius 3 is 0.635 bits per heavy atom. The smallest absolute Gasteiger partial charge is 0.335 e. The molecule has 2 bridgehead atoms. The van der Waals surface area contributed by atoms with Gasteiger partial charge in [0.15, 0.2) is 0 Å². The fourth-order valence-corrected chi connectivity index (χ4v) is 10.5. The molecule has 9 aromatic rings. The third-order valence-electron chi connectivity index (χ3n) is 13.9. The zero-order valence-corrected chi connectivity index (χ0v) is 38.7. The largest absolute Gasteiger partial charge is 0.478 e. The summed E-state index contributed by atoms with van der Waals surface area (Å²) in [6.45, 7) is 1.11. The topological polar surface area (TPSA) is 191 Å². The zero-order chi connectivity index (χ0) is 51.2.